The number of hydrogen-bond donors (Lipinski definition) is 2. The summed E-state index contributed by atoms with van der Waals surface area (Å²) < 4.78 is 5.33. The molecule has 2 aliphatic heterocycles. The second kappa shape index (κ2) is 10.7. The molecule has 2 heterocycles. The van der Waals surface area contributed by atoms with Crippen molar-refractivity contribution >= 4 is 41.5 Å². The highest BCUT2D eigenvalue weighted by Crippen LogP contribution is 2.27. The number of halogens is 1. The Kier molecular flexibility index (Phi) is 8.60. The summed E-state index contributed by atoms with van der Waals surface area (Å²) in [6.45, 7) is 6.21. The van der Waals surface area contributed by atoms with Crippen LogP contribution in [0.3, 0.4) is 0 Å². The van der Waals surface area contributed by atoms with Gasteiger partial charge in [-0.15, -0.1) is 24.0 Å². The maximum absolute atomic E-state index is 12.4. The van der Waals surface area contributed by atoms with E-state index in [0.29, 0.717) is 5.96 Å². The number of fused-ring (bicyclic) bond motifs is 1. The van der Waals surface area contributed by atoms with Gasteiger partial charge in [0.05, 0.1) is 13.2 Å². The van der Waals surface area contributed by atoms with Gasteiger partial charge in [-0.2, -0.15) is 0 Å². The lowest BCUT2D eigenvalue weighted by Gasteiger charge is -2.26. The molecular weight excluding hydrogens is 445 g/mol. The molecule has 3 N–H and O–H groups in total. The quantitative estimate of drug-likeness (QED) is 0.277. The number of rotatable bonds is 6. The number of amides is 1. The summed E-state index contributed by atoms with van der Waals surface area (Å²) in [7, 11) is 0. The molecule has 1 fully saturated rings. The Balaban J connectivity index is 0.00000243. The molecule has 1 saturated heterocycles. The molecule has 7 nitrogen and oxygen atoms in total. The van der Waals surface area contributed by atoms with Gasteiger partial charge in [-0.25, -0.2) is 4.99 Å². The molecule has 1 aromatic rings. The van der Waals surface area contributed by atoms with E-state index in [-0.39, 0.29) is 36.4 Å². The zero-order valence-corrected chi connectivity index (χ0v) is 17.4. The van der Waals surface area contributed by atoms with E-state index in [1.54, 1.807) is 4.90 Å². The Morgan fingerprint density at radius 1 is 1.23 bits per heavy atom. The van der Waals surface area contributed by atoms with Crippen LogP contribution in [-0.4, -0.2) is 69.2 Å². The number of ether oxygens (including phenoxy) is 1. The summed E-state index contributed by atoms with van der Waals surface area (Å²) in [5.41, 5.74) is 8.09. The van der Waals surface area contributed by atoms with Crippen LogP contribution in [0, 0.1) is 0 Å². The lowest BCUT2D eigenvalue weighted by Crippen LogP contribution is -2.39. The predicted molar refractivity (Wildman–Crippen MR) is 114 cm³/mol. The lowest BCUT2D eigenvalue weighted by molar-refractivity contribution is -0.117. The van der Waals surface area contributed by atoms with E-state index in [1.807, 2.05) is 18.2 Å². The number of anilines is 1. The topological polar surface area (TPSA) is 83.2 Å². The van der Waals surface area contributed by atoms with Crippen LogP contribution in [0.25, 0.3) is 0 Å². The molecule has 3 rings (SSSR count). The molecular formula is C18H28IN5O2. The highest BCUT2D eigenvalue weighted by molar-refractivity contribution is 14.0. The van der Waals surface area contributed by atoms with E-state index in [2.05, 4.69) is 21.3 Å². The molecule has 0 spiro atoms. The van der Waals surface area contributed by atoms with Crippen molar-refractivity contribution in [3.8, 4) is 0 Å². The van der Waals surface area contributed by atoms with Crippen LogP contribution in [0.2, 0.25) is 0 Å². The van der Waals surface area contributed by atoms with Crippen LogP contribution in [-0.2, 0) is 16.0 Å². The Labute approximate surface area is 172 Å². The van der Waals surface area contributed by atoms with Crippen molar-refractivity contribution in [2.75, 3.05) is 57.4 Å². The number of benzene rings is 1. The van der Waals surface area contributed by atoms with E-state index in [0.717, 1.165) is 64.5 Å². The summed E-state index contributed by atoms with van der Waals surface area (Å²) >= 11 is 0. The first-order valence-corrected chi connectivity index (χ1v) is 8.96. The molecule has 2 aliphatic rings. The molecule has 0 aliphatic carbocycles. The molecule has 1 amide bonds. The molecule has 8 heteroatoms. The van der Waals surface area contributed by atoms with Gasteiger partial charge < -0.3 is 20.7 Å². The standard InChI is InChI=1S/C18H27N5O2.HI/c19-18(20-7-3-8-22-10-12-25-13-11-22)21-14-17(24)23-9-6-15-4-1-2-5-16(15)23;/h1-2,4-5H,3,6-14H2,(H3,19,20,21);1H. The molecule has 144 valence electrons. The fourth-order valence-electron chi connectivity index (χ4n) is 3.24. The second-order valence-electron chi connectivity index (χ2n) is 6.36. The number of nitrogens with zero attached hydrogens (tertiary/aromatic N) is 3. The monoisotopic (exact) mass is 473 g/mol. The fraction of sp³-hybridized carbons (Fsp3) is 0.556. The summed E-state index contributed by atoms with van der Waals surface area (Å²) in [5.74, 6) is 0.325. The van der Waals surface area contributed by atoms with Crippen LogP contribution < -0.4 is 16.0 Å². The van der Waals surface area contributed by atoms with Crippen molar-refractivity contribution in [1.82, 2.24) is 10.2 Å². The van der Waals surface area contributed by atoms with Crippen LogP contribution in [0.5, 0.6) is 0 Å². The molecule has 1 aromatic carbocycles. The van der Waals surface area contributed by atoms with E-state index in [1.165, 1.54) is 5.56 Å². The van der Waals surface area contributed by atoms with Crippen molar-refractivity contribution in [2.24, 2.45) is 10.7 Å². The molecule has 0 bridgehead atoms. The SMILES string of the molecule is I.NC(=NCC(=O)N1CCc2ccccc21)NCCCN1CCOCC1. The first kappa shape index (κ1) is 20.9. The minimum Gasteiger partial charge on any atom is -0.379 e. The van der Waals surface area contributed by atoms with Crippen LogP contribution >= 0.6 is 24.0 Å². The highest BCUT2D eigenvalue weighted by atomic mass is 127. The van der Waals surface area contributed by atoms with E-state index >= 15 is 0 Å². The first-order valence-electron chi connectivity index (χ1n) is 8.96. The summed E-state index contributed by atoms with van der Waals surface area (Å²) in [6, 6.07) is 8.01. The molecule has 0 radical (unpaired) electrons. The van der Waals surface area contributed by atoms with E-state index in [9.17, 15) is 4.79 Å². The number of nitrogens with two attached hydrogens (primary N) is 1. The van der Waals surface area contributed by atoms with E-state index in [4.69, 9.17) is 10.5 Å². The van der Waals surface area contributed by atoms with Gasteiger partial charge in [-0.1, -0.05) is 18.2 Å². The molecule has 0 unspecified atom stereocenters. The second-order valence-corrected chi connectivity index (χ2v) is 6.36. The van der Waals surface area contributed by atoms with Crippen molar-refractivity contribution in [1.29, 1.82) is 0 Å². The lowest BCUT2D eigenvalue weighted by atomic mass is 10.2. The summed E-state index contributed by atoms with van der Waals surface area (Å²) in [6.07, 6.45) is 1.89. The average Bonchev–Trinajstić information content (AvgIpc) is 3.08. The third-order valence-electron chi connectivity index (χ3n) is 4.63. The van der Waals surface area contributed by atoms with Crippen molar-refractivity contribution in [2.45, 2.75) is 12.8 Å². The predicted octanol–water partition coefficient (Wildman–Crippen LogP) is 0.820. The zero-order chi connectivity index (χ0) is 17.5. The van der Waals surface area contributed by atoms with E-state index < -0.39 is 0 Å². The van der Waals surface area contributed by atoms with Gasteiger partial charge in [0.15, 0.2) is 5.96 Å². The highest BCUT2D eigenvalue weighted by Gasteiger charge is 2.23. The van der Waals surface area contributed by atoms with Crippen LogP contribution in [0.15, 0.2) is 29.3 Å². The fourth-order valence-corrected chi connectivity index (χ4v) is 3.24. The van der Waals surface area contributed by atoms with Gasteiger partial charge in [0.1, 0.15) is 6.54 Å². The third kappa shape index (κ3) is 5.82. The molecule has 26 heavy (non-hydrogen) atoms. The van der Waals surface area contributed by atoms with Gasteiger partial charge in [-0.05, 0) is 31.0 Å². The van der Waals surface area contributed by atoms with Crippen molar-refractivity contribution in [3.05, 3.63) is 29.8 Å². The van der Waals surface area contributed by atoms with Crippen LogP contribution in [0.4, 0.5) is 5.69 Å². The zero-order valence-electron chi connectivity index (χ0n) is 15.0. The number of carbonyl (C=O) groups excluding carboxylic acids is 1. The molecule has 0 saturated carbocycles. The first-order chi connectivity index (χ1) is 12.2. The number of hydrogen-bond acceptors (Lipinski definition) is 4. The molecule has 0 atom stereocenters. The third-order valence-corrected chi connectivity index (χ3v) is 4.63. The maximum Gasteiger partial charge on any atom is 0.248 e. The van der Waals surface area contributed by atoms with Crippen LogP contribution in [0.1, 0.15) is 12.0 Å². The van der Waals surface area contributed by atoms with Gasteiger partial charge in [0.2, 0.25) is 5.91 Å². The minimum absolute atomic E-state index is 0. The number of carbonyl (C=O) groups is 1. The number of morpholine rings is 1. The van der Waals surface area contributed by atoms with Gasteiger partial charge >= 0.3 is 0 Å². The minimum atomic E-state index is -0.0111. The Morgan fingerprint density at radius 2 is 2.00 bits per heavy atom. The smallest absolute Gasteiger partial charge is 0.248 e. The molecule has 0 aromatic heterocycles. The summed E-state index contributed by atoms with van der Waals surface area (Å²) in [5, 5.41) is 3.09. The number of guanidine groups is 1. The summed E-state index contributed by atoms with van der Waals surface area (Å²) in [4.78, 5) is 20.7. The van der Waals surface area contributed by atoms with Gasteiger partial charge in [-0.3, -0.25) is 9.69 Å². The van der Waals surface area contributed by atoms with Gasteiger partial charge in [0, 0.05) is 31.9 Å². The average molecular weight is 473 g/mol. The number of nitrogens with one attached hydrogen (secondary N) is 1. The van der Waals surface area contributed by atoms with Gasteiger partial charge in [0.25, 0.3) is 0 Å². The Bertz CT molecular complexity index is 619. The largest absolute Gasteiger partial charge is 0.379 e. The Hall–Kier alpha value is -1.39. The van der Waals surface area contributed by atoms with Crippen molar-refractivity contribution < 1.29 is 9.53 Å². The maximum atomic E-state index is 12.4. The number of aliphatic imine (C=N–C) groups is 1. The van der Waals surface area contributed by atoms with Crippen molar-refractivity contribution in [3.63, 3.8) is 0 Å². The normalized spacial score (nSPS) is 17.5. The number of para-hydroxylation sites is 1. The Morgan fingerprint density at radius 3 is 2.81 bits per heavy atom.